The number of nitrogens with zero attached hydrogens (tertiary/aromatic N) is 4. The van der Waals surface area contributed by atoms with E-state index in [-0.39, 0.29) is 29.8 Å². The number of fused-ring (bicyclic) bond motifs is 1. The first-order valence-corrected chi connectivity index (χ1v) is 12.8. The number of aryl methyl sites for hydroxylation is 1. The molecular weight excluding hydrogens is 472 g/mol. The van der Waals surface area contributed by atoms with Crippen LogP contribution in [0.15, 0.2) is 28.0 Å². The second kappa shape index (κ2) is 9.41. The molecule has 3 atom stereocenters. The Morgan fingerprint density at radius 2 is 2.03 bits per heavy atom. The van der Waals surface area contributed by atoms with Crippen molar-refractivity contribution in [2.24, 2.45) is 0 Å². The minimum Gasteiger partial charge on any atom is -0.376 e. The normalized spacial score (nSPS) is 26.9. The molecule has 0 aliphatic carbocycles. The maximum Gasteiger partial charge on any atom is 0.267 e. The molecule has 8 nitrogen and oxygen atoms in total. The fraction of sp³-hybridized carbons (Fsp3) is 0.500. The van der Waals surface area contributed by atoms with Crippen LogP contribution in [0.1, 0.15) is 37.8 Å². The maximum atomic E-state index is 13.7. The molecule has 3 aliphatic rings. The highest BCUT2D eigenvalue weighted by Crippen LogP contribution is 2.35. The highest BCUT2D eigenvalue weighted by molar-refractivity contribution is 8.26. The van der Waals surface area contributed by atoms with Crippen LogP contribution in [-0.4, -0.2) is 69.1 Å². The summed E-state index contributed by atoms with van der Waals surface area (Å²) in [6.45, 7) is 8.34. The van der Waals surface area contributed by atoms with Gasteiger partial charge < -0.3 is 14.4 Å². The van der Waals surface area contributed by atoms with Crippen molar-refractivity contribution in [3.8, 4) is 0 Å². The fourth-order valence-corrected chi connectivity index (χ4v) is 6.06. The molecular formula is C24H28N4O4S2. The van der Waals surface area contributed by atoms with Crippen LogP contribution in [0, 0.1) is 6.92 Å². The number of rotatable bonds is 4. The summed E-state index contributed by atoms with van der Waals surface area (Å²) in [7, 11) is 0. The van der Waals surface area contributed by atoms with Crippen molar-refractivity contribution in [1.82, 2.24) is 14.3 Å². The van der Waals surface area contributed by atoms with Gasteiger partial charge in [0, 0.05) is 25.9 Å². The van der Waals surface area contributed by atoms with E-state index in [1.54, 1.807) is 21.6 Å². The van der Waals surface area contributed by atoms with Crippen molar-refractivity contribution in [2.75, 3.05) is 31.1 Å². The number of hydrogen-bond donors (Lipinski definition) is 0. The van der Waals surface area contributed by atoms with E-state index in [0.29, 0.717) is 52.5 Å². The van der Waals surface area contributed by atoms with Gasteiger partial charge in [0.1, 0.15) is 15.8 Å². The van der Waals surface area contributed by atoms with Crippen LogP contribution >= 0.6 is 24.0 Å². The minimum absolute atomic E-state index is 0.00153. The summed E-state index contributed by atoms with van der Waals surface area (Å²) in [5, 5.41) is 0. The van der Waals surface area contributed by atoms with Crippen molar-refractivity contribution in [2.45, 2.75) is 51.9 Å². The van der Waals surface area contributed by atoms with Gasteiger partial charge in [-0.15, -0.1) is 0 Å². The SMILES string of the molecule is Cc1cccn2c(=O)c(/C=C3\SC(=S)N(C[C@@H]4CCCO4)C3=O)c(N3C[C@@H](C)O[C@@H](C)C3)nc12. The third-order valence-corrected chi connectivity index (χ3v) is 7.72. The van der Waals surface area contributed by atoms with Crippen molar-refractivity contribution < 1.29 is 14.3 Å². The first kappa shape index (κ1) is 23.5. The van der Waals surface area contributed by atoms with Crippen molar-refractivity contribution in [3.05, 3.63) is 44.7 Å². The van der Waals surface area contributed by atoms with Gasteiger partial charge in [-0.25, -0.2) is 4.98 Å². The molecule has 0 unspecified atom stereocenters. The van der Waals surface area contributed by atoms with Crippen LogP contribution in [0.2, 0.25) is 0 Å². The topological polar surface area (TPSA) is 76.4 Å². The van der Waals surface area contributed by atoms with Crippen LogP contribution < -0.4 is 10.5 Å². The number of hydrogen-bond acceptors (Lipinski definition) is 8. The smallest absolute Gasteiger partial charge is 0.267 e. The van der Waals surface area contributed by atoms with E-state index < -0.39 is 0 Å². The van der Waals surface area contributed by atoms with Gasteiger partial charge in [-0.3, -0.25) is 18.9 Å². The number of pyridine rings is 1. The Labute approximate surface area is 207 Å². The Balaban J connectivity index is 1.59. The third-order valence-electron chi connectivity index (χ3n) is 6.34. The molecule has 0 spiro atoms. The largest absolute Gasteiger partial charge is 0.376 e. The molecule has 10 heteroatoms. The number of carbonyl (C=O) groups is 1. The summed E-state index contributed by atoms with van der Waals surface area (Å²) in [5.74, 6) is 0.389. The Kier molecular flexibility index (Phi) is 6.49. The lowest BCUT2D eigenvalue weighted by Gasteiger charge is -2.36. The summed E-state index contributed by atoms with van der Waals surface area (Å²) >= 11 is 6.73. The van der Waals surface area contributed by atoms with Gasteiger partial charge in [-0.2, -0.15) is 0 Å². The van der Waals surface area contributed by atoms with Gasteiger partial charge in [-0.1, -0.05) is 30.0 Å². The van der Waals surface area contributed by atoms with E-state index >= 15 is 0 Å². The average molecular weight is 501 g/mol. The molecule has 34 heavy (non-hydrogen) atoms. The molecule has 3 aliphatic heterocycles. The number of thioether (sulfide) groups is 1. The van der Waals surface area contributed by atoms with Crippen molar-refractivity contribution in [1.29, 1.82) is 0 Å². The highest BCUT2D eigenvalue weighted by Gasteiger charge is 2.35. The molecule has 0 radical (unpaired) electrons. The van der Waals surface area contributed by atoms with Gasteiger partial charge in [0.05, 0.1) is 35.3 Å². The molecule has 180 valence electrons. The van der Waals surface area contributed by atoms with Crippen LogP contribution in [0.5, 0.6) is 0 Å². The number of thiocarbonyl (C=S) groups is 1. The lowest BCUT2D eigenvalue weighted by Crippen LogP contribution is -2.46. The highest BCUT2D eigenvalue weighted by atomic mass is 32.2. The summed E-state index contributed by atoms with van der Waals surface area (Å²) in [6, 6.07) is 3.76. The zero-order valence-electron chi connectivity index (χ0n) is 19.5. The molecule has 0 bridgehead atoms. The number of morpholine rings is 1. The maximum absolute atomic E-state index is 13.7. The number of ether oxygens (including phenoxy) is 2. The Morgan fingerprint density at radius 1 is 1.26 bits per heavy atom. The van der Waals surface area contributed by atoms with E-state index in [4.69, 9.17) is 26.7 Å². The molecule has 0 aromatic carbocycles. The second-order valence-corrected chi connectivity index (χ2v) is 10.8. The van der Waals surface area contributed by atoms with Crippen LogP contribution in [0.4, 0.5) is 5.82 Å². The number of aromatic nitrogens is 2. The Hall–Kier alpha value is -2.27. The molecule has 2 aromatic heterocycles. The van der Waals surface area contributed by atoms with Gasteiger partial charge in [0.15, 0.2) is 0 Å². The summed E-state index contributed by atoms with van der Waals surface area (Å²) in [5.41, 5.74) is 1.70. The predicted octanol–water partition coefficient (Wildman–Crippen LogP) is 3.00. The standard InChI is InChI=1S/C24H28N4O4S2/c1-14-6-4-8-27-20(14)25-21(26-11-15(2)32-16(3)12-26)18(22(27)29)10-19-23(30)28(24(33)34-19)13-17-7-5-9-31-17/h4,6,8,10,15-17H,5,7,9,11-13H2,1-3H3/b19-10-/t15-,16+,17-/m0/s1. The van der Waals surface area contributed by atoms with Gasteiger partial charge >= 0.3 is 0 Å². The molecule has 3 saturated heterocycles. The zero-order chi connectivity index (χ0) is 24.0. The molecule has 0 N–H and O–H groups in total. The molecule has 1 amide bonds. The van der Waals surface area contributed by atoms with Crippen molar-refractivity contribution in [3.63, 3.8) is 0 Å². The third kappa shape index (κ3) is 4.39. The van der Waals surface area contributed by atoms with Crippen LogP contribution in [-0.2, 0) is 14.3 Å². The van der Waals surface area contributed by atoms with Gasteiger partial charge in [0.2, 0.25) is 0 Å². The second-order valence-electron chi connectivity index (χ2n) is 9.13. The van der Waals surface area contributed by atoms with Gasteiger partial charge in [-0.05, 0) is 51.3 Å². The van der Waals surface area contributed by atoms with Crippen molar-refractivity contribution >= 4 is 51.7 Å². The van der Waals surface area contributed by atoms with E-state index in [2.05, 4.69) is 4.90 Å². The average Bonchev–Trinajstić information content (AvgIpc) is 3.39. The minimum atomic E-state index is -0.208. The number of carbonyl (C=O) groups excluding carboxylic acids is 1. The molecule has 5 heterocycles. The lowest BCUT2D eigenvalue weighted by molar-refractivity contribution is -0.123. The Bertz CT molecular complexity index is 1230. The Morgan fingerprint density at radius 3 is 2.74 bits per heavy atom. The quantitative estimate of drug-likeness (QED) is 0.469. The molecule has 0 saturated carbocycles. The fourth-order valence-electron chi connectivity index (χ4n) is 4.80. The number of amides is 1. The summed E-state index contributed by atoms with van der Waals surface area (Å²) in [6.07, 6.45) is 5.29. The molecule has 5 rings (SSSR count). The van der Waals surface area contributed by atoms with Crippen LogP contribution in [0.3, 0.4) is 0 Å². The zero-order valence-corrected chi connectivity index (χ0v) is 21.2. The number of anilines is 1. The first-order valence-electron chi connectivity index (χ1n) is 11.6. The summed E-state index contributed by atoms with van der Waals surface area (Å²) in [4.78, 5) is 36.0. The van der Waals surface area contributed by atoms with E-state index in [0.717, 1.165) is 18.4 Å². The monoisotopic (exact) mass is 500 g/mol. The van der Waals surface area contributed by atoms with Crippen LogP contribution in [0.25, 0.3) is 11.7 Å². The van der Waals surface area contributed by atoms with Gasteiger partial charge in [0.25, 0.3) is 11.5 Å². The predicted molar refractivity (Wildman–Crippen MR) is 137 cm³/mol. The van der Waals surface area contributed by atoms with E-state index in [1.165, 1.54) is 11.8 Å². The summed E-state index contributed by atoms with van der Waals surface area (Å²) < 4.78 is 13.6. The molecule has 3 fully saturated rings. The lowest BCUT2D eigenvalue weighted by atomic mass is 10.1. The van der Waals surface area contributed by atoms with E-state index in [9.17, 15) is 9.59 Å². The first-order chi connectivity index (χ1) is 16.3. The molecule has 2 aromatic rings. The van der Waals surface area contributed by atoms with E-state index in [1.807, 2.05) is 32.9 Å².